The highest BCUT2D eigenvalue weighted by Crippen LogP contribution is 2.17. The van der Waals surface area contributed by atoms with Crippen LogP contribution in [0.1, 0.15) is 71.1 Å². The zero-order chi connectivity index (χ0) is 22.1. The summed E-state index contributed by atoms with van der Waals surface area (Å²) in [5.41, 5.74) is 0. The van der Waals surface area contributed by atoms with Crippen LogP contribution in [0, 0.1) is 20.2 Å². The molecule has 0 aliphatic rings. The molecule has 0 saturated heterocycles. The fourth-order valence-corrected chi connectivity index (χ4v) is 2.87. The Labute approximate surface area is 171 Å². The van der Waals surface area contributed by atoms with E-state index in [0.29, 0.717) is 19.3 Å². The predicted octanol–water partition coefficient (Wildman–Crippen LogP) is 3.23. The number of aldehydes is 1. The number of hydrogen-bond acceptors (Lipinski definition) is 7. The number of rotatable bonds is 18. The molecule has 0 aromatic rings. The second kappa shape index (κ2) is 16.8. The molecule has 0 radical (unpaired) electrons. The van der Waals surface area contributed by atoms with E-state index in [9.17, 15) is 35.2 Å². The molecule has 9 heteroatoms. The van der Waals surface area contributed by atoms with Gasteiger partial charge in [0, 0.05) is 16.3 Å². The van der Waals surface area contributed by atoms with E-state index in [-0.39, 0.29) is 12.8 Å². The van der Waals surface area contributed by atoms with Gasteiger partial charge in [-0.15, -0.1) is 0 Å². The van der Waals surface area contributed by atoms with Gasteiger partial charge in [0.15, 0.2) is 0 Å². The number of hydrogen-bond donors (Lipinski definition) is 2. The van der Waals surface area contributed by atoms with Crippen LogP contribution in [0.4, 0.5) is 0 Å². The molecule has 0 saturated carbocycles. The number of aliphatic hydroxyl groups excluding tert-OH is 2. The molecule has 0 rings (SSSR count). The van der Waals surface area contributed by atoms with Gasteiger partial charge in [0.05, 0.1) is 6.42 Å². The second-order valence-electron chi connectivity index (χ2n) is 7.08. The topological polar surface area (TPSA) is 144 Å². The van der Waals surface area contributed by atoms with Crippen molar-refractivity contribution >= 4 is 6.29 Å². The second-order valence-corrected chi connectivity index (χ2v) is 7.08. The van der Waals surface area contributed by atoms with Crippen molar-refractivity contribution in [1.82, 2.24) is 0 Å². The molecule has 29 heavy (non-hydrogen) atoms. The van der Waals surface area contributed by atoms with E-state index in [2.05, 4.69) is 6.92 Å². The fourth-order valence-electron chi connectivity index (χ4n) is 2.87. The Morgan fingerprint density at radius 1 is 0.793 bits per heavy atom. The van der Waals surface area contributed by atoms with E-state index in [0.717, 1.165) is 32.0 Å². The Morgan fingerprint density at radius 2 is 1.28 bits per heavy atom. The minimum Gasteiger partial charge on any atom is -0.386 e. The molecule has 4 unspecified atom stereocenters. The van der Waals surface area contributed by atoms with Crippen LogP contribution < -0.4 is 0 Å². The van der Waals surface area contributed by atoms with Gasteiger partial charge in [-0.05, 0) is 38.5 Å². The van der Waals surface area contributed by atoms with Crippen molar-refractivity contribution in [1.29, 1.82) is 0 Å². The monoisotopic (exact) mass is 414 g/mol. The maximum absolute atomic E-state index is 11.3. The summed E-state index contributed by atoms with van der Waals surface area (Å²) in [4.78, 5) is 31.4. The van der Waals surface area contributed by atoms with Crippen molar-refractivity contribution in [3.63, 3.8) is 0 Å². The van der Waals surface area contributed by atoms with E-state index in [1.165, 1.54) is 0 Å². The Kier molecular flexibility index (Phi) is 15.6. The lowest BCUT2D eigenvalue weighted by molar-refractivity contribution is -0.573. The molecule has 0 fully saturated rings. The summed E-state index contributed by atoms with van der Waals surface area (Å²) in [6.07, 6.45) is 9.96. The van der Waals surface area contributed by atoms with Crippen LogP contribution in [-0.4, -0.2) is 50.6 Å². The van der Waals surface area contributed by atoms with Crippen LogP contribution in [0.5, 0.6) is 0 Å². The van der Waals surface area contributed by atoms with E-state index in [1.807, 2.05) is 6.08 Å². The summed E-state index contributed by atoms with van der Waals surface area (Å²) in [5, 5.41) is 42.9. The Hall–Kier alpha value is -2.13. The van der Waals surface area contributed by atoms with Gasteiger partial charge in [0.2, 0.25) is 12.1 Å². The molecule has 0 aromatic carbocycles. The number of aliphatic hydroxyl groups is 2. The third-order valence-electron chi connectivity index (χ3n) is 4.67. The lowest BCUT2D eigenvalue weighted by atomic mass is 9.95. The van der Waals surface area contributed by atoms with Crippen molar-refractivity contribution in [2.24, 2.45) is 0 Å². The number of nitrogens with zero attached hydrogens (tertiary/aromatic N) is 2. The van der Waals surface area contributed by atoms with Crippen LogP contribution in [0.2, 0.25) is 0 Å². The van der Waals surface area contributed by atoms with Crippen molar-refractivity contribution in [3.8, 4) is 0 Å². The normalized spacial score (nSPS) is 16.0. The minimum atomic E-state index is -1.55. The van der Waals surface area contributed by atoms with Crippen molar-refractivity contribution < 1.29 is 24.9 Å². The molecule has 0 heterocycles. The number of nitro groups is 2. The van der Waals surface area contributed by atoms with Crippen LogP contribution in [0.25, 0.3) is 0 Å². The lowest BCUT2D eigenvalue weighted by Crippen LogP contribution is -2.43. The first kappa shape index (κ1) is 26.9. The Balaban J connectivity index is 4.75. The minimum absolute atomic E-state index is 0.0232. The van der Waals surface area contributed by atoms with Crippen molar-refractivity contribution in [3.05, 3.63) is 44.5 Å². The van der Waals surface area contributed by atoms with Gasteiger partial charge >= 0.3 is 0 Å². The van der Waals surface area contributed by atoms with Gasteiger partial charge in [-0.25, -0.2) is 0 Å². The van der Waals surface area contributed by atoms with Gasteiger partial charge in [0.1, 0.15) is 18.5 Å². The molecule has 0 aliphatic carbocycles. The SMILES string of the molecule is CCCCC/C=C\CC(O)C(CC(C(O)C/C=C\CCCC=O)[N+](=O)[O-])[N+](=O)[O-]. The Bertz CT molecular complexity index is 537. The summed E-state index contributed by atoms with van der Waals surface area (Å²) >= 11 is 0. The highest BCUT2D eigenvalue weighted by Gasteiger charge is 2.40. The molecule has 0 bridgehead atoms. The highest BCUT2D eigenvalue weighted by atomic mass is 16.6. The van der Waals surface area contributed by atoms with Crippen LogP contribution in [-0.2, 0) is 4.79 Å². The zero-order valence-corrected chi connectivity index (χ0v) is 17.1. The average Bonchev–Trinajstić information content (AvgIpc) is 2.66. The molecular weight excluding hydrogens is 380 g/mol. The van der Waals surface area contributed by atoms with E-state index in [4.69, 9.17) is 0 Å². The lowest BCUT2D eigenvalue weighted by Gasteiger charge is -2.19. The first-order valence-electron chi connectivity index (χ1n) is 10.2. The molecular formula is C20H34N2O7. The third kappa shape index (κ3) is 12.8. The molecule has 0 spiro atoms. The summed E-state index contributed by atoms with van der Waals surface area (Å²) in [7, 11) is 0. The van der Waals surface area contributed by atoms with Gasteiger partial charge < -0.3 is 15.0 Å². The molecule has 9 nitrogen and oxygen atoms in total. The number of carbonyl (C=O) groups is 1. The van der Waals surface area contributed by atoms with Gasteiger partial charge in [0.25, 0.3) is 0 Å². The first-order chi connectivity index (χ1) is 13.8. The highest BCUT2D eigenvalue weighted by molar-refractivity contribution is 5.49. The van der Waals surface area contributed by atoms with Crippen molar-refractivity contribution in [2.75, 3.05) is 0 Å². The summed E-state index contributed by atoms with van der Waals surface area (Å²) in [6, 6.07) is -3.08. The molecule has 166 valence electrons. The fraction of sp³-hybridized carbons (Fsp3) is 0.750. The predicted molar refractivity (Wildman–Crippen MR) is 110 cm³/mol. The summed E-state index contributed by atoms with van der Waals surface area (Å²) in [5.74, 6) is 0. The molecule has 0 aromatic heterocycles. The van der Waals surface area contributed by atoms with Crippen LogP contribution >= 0.6 is 0 Å². The number of carbonyl (C=O) groups excluding carboxylic acids is 1. The molecule has 0 aliphatic heterocycles. The van der Waals surface area contributed by atoms with Gasteiger partial charge in [-0.1, -0.05) is 44.1 Å². The quantitative estimate of drug-likeness (QED) is 0.115. The van der Waals surface area contributed by atoms with E-state index >= 15 is 0 Å². The summed E-state index contributed by atoms with van der Waals surface area (Å²) in [6.45, 7) is 2.08. The number of unbranched alkanes of at least 4 members (excludes halogenated alkanes) is 5. The molecule has 2 N–H and O–H groups in total. The van der Waals surface area contributed by atoms with E-state index in [1.54, 1.807) is 18.2 Å². The molecule has 0 amide bonds. The molecule has 4 atom stereocenters. The average molecular weight is 414 g/mol. The van der Waals surface area contributed by atoms with Crippen LogP contribution in [0.15, 0.2) is 24.3 Å². The largest absolute Gasteiger partial charge is 0.386 e. The zero-order valence-electron chi connectivity index (χ0n) is 17.1. The first-order valence-corrected chi connectivity index (χ1v) is 10.2. The Morgan fingerprint density at radius 3 is 1.69 bits per heavy atom. The van der Waals surface area contributed by atoms with Crippen molar-refractivity contribution in [2.45, 2.75) is 95.4 Å². The number of allylic oxidation sites excluding steroid dienone is 2. The maximum Gasteiger partial charge on any atom is 0.245 e. The van der Waals surface area contributed by atoms with Crippen LogP contribution in [0.3, 0.4) is 0 Å². The maximum atomic E-state index is 11.3. The van der Waals surface area contributed by atoms with E-state index < -0.39 is 40.6 Å². The van der Waals surface area contributed by atoms with Gasteiger partial charge in [-0.2, -0.15) is 0 Å². The summed E-state index contributed by atoms with van der Waals surface area (Å²) < 4.78 is 0. The smallest absolute Gasteiger partial charge is 0.245 e. The third-order valence-corrected chi connectivity index (χ3v) is 4.67. The van der Waals surface area contributed by atoms with Gasteiger partial charge in [-0.3, -0.25) is 20.2 Å². The standard InChI is InChI=1S/C20H34N2O7/c1-2-3-4-5-7-10-13-19(24)17(21(26)27)16-18(22(28)29)20(25)14-11-8-6-9-12-15-23/h7-8,10-11,15,17-20,24-25H,2-6,9,12-14,16H2,1H3/b10-7-,11-8-.